The Morgan fingerprint density at radius 2 is 1.64 bits per heavy atom. The zero-order valence-electron chi connectivity index (χ0n) is 21.8. The number of rotatable bonds is 11. The van der Waals surface area contributed by atoms with E-state index in [1.807, 2.05) is 13.0 Å². The molecule has 0 fully saturated rings. The lowest BCUT2D eigenvalue weighted by molar-refractivity contribution is -0.173. The summed E-state index contributed by atoms with van der Waals surface area (Å²) in [5.41, 5.74) is -2.02. The fourth-order valence-corrected chi connectivity index (χ4v) is 5.69. The van der Waals surface area contributed by atoms with Crippen LogP contribution in [0.1, 0.15) is 104 Å². The molecule has 0 heterocycles. The molecule has 1 amide bonds. The molecule has 0 aliphatic heterocycles. The maximum atomic E-state index is 13.8. The Kier molecular flexibility index (Phi) is 11.7. The second kappa shape index (κ2) is 14.2. The van der Waals surface area contributed by atoms with Gasteiger partial charge in [-0.05, 0) is 68.4 Å². The first-order chi connectivity index (χ1) is 17.2. The molecule has 0 radical (unpaired) electrons. The number of unbranched alkanes of at least 4 members (excludes halogenated alkanes) is 1. The van der Waals surface area contributed by atoms with Crippen LogP contribution in [0.2, 0.25) is 0 Å². The molecule has 36 heavy (non-hydrogen) atoms. The number of hydrogen-bond donors (Lipinski definition) is 4. The number of hydrogen-bond acceptors (Lipinski definition) is 4. The second-order valence-electron chi connectivity index (χ2n) is 10.2. The van der Waals surface area contributed by atoms with Crippen molar-refractivity contribution in [2.45, 2.75) is 104 Å². The topological polar surface area (TPSA) is 141 Å². The van der Waals surface area contributed by atoms with E-state index in [2.05, 4.69) is 12.2 Å². The van der Waals surface area contributed by atoms with Gasteiger partial charge >= 0.3 is 17.9 Å². The van der Waals surface area contributed by atoms with E-state index < -0.39 is 35.1 Å². The van der Waals surface area contributed by atoms with Crippen LogP contribution in [0.4, 0.5) is 0 Å². The molecule has 0 aromatic heterocycles. The Hall–Kier alpha value is -2.64. The number of carbonyl (C=O) groups excluding carboxylic acids is 1. The lowest BCUT2D eigenvalue weighted by atomic mass is 9.63. The summed E-state index contributed by atoms with van der Waals surface area (Å²) in [6, 6.07) is 0. The number of carbonyl (C=O) groups is 4. The summed E-state index contributed by atoms with van der Waals surface area (Å²) in [4.78, 5) is 51.8. The highest BCUT2D eigenvalue weighted by Crippen LogP contribution is 2.46. The number of carboxylic acids is 3. The highest BCUT2D eigenvalue weighted by Gasteiger charge is 2.61. The SMILES string of the molecule is CCCCC(CC)CNC(=O)C1=C(C2=CCCCCCC2)CCCCC(C(=O)O)C1(C(=O)O)C(=O)O. The molecule has 4 N–H and O–H groups in total. The van der Waals surface area contributed by atoms with Gasteiger partial charge in [0.2, 0.25) is 11.3 Å². The Labute approximate surface area is 214 Å². The number of aliphatic carboxylic acids is 3. The molecule has 0 aromatic carbocycles. The summed E-state index contributed by atoms with van der Waals surface area (Å²) in [6.07, 6.45) is 12.2. The van der Waals surface area contributed by atoms with E-state index in [4.69, 9.17) is 0 Å². The van der Waals surface area contributed by atoms with Crippen LogP contribution in [0.15, 0.2) is 22.8 Å². The van der Waals surface area contributed by atoms with Crippen LogP contribution < -0.4 is 5.32 Å². The van der Waals surface area contributed by atoms with Gasteiger partial charge in [-0.1, -0.05) is 58.4 Å². The summed E-state index contributed by atoms with van der Waals surface area (Å²) in [5, 5.41) is 33.6. The Morgan fingerprint density at radius 1 is 0.972 bits per heavy atom. The van der Waals surface area contributed by atoms with Gasteiger partial charge in [0.25, 0.3) is 0 Å². The number of amides is 1. The standard InChI is InChI=1S/C28H43NO7/c1-3-5-13-19(4-2)18-29-24(30)23-21(20-14-9-7-6-8-10-15-20)16-11-12-17-22(25(31)32)28(23,26(33)34)27(35)36/h14,19,22H,3-13,15-18H2,1-2H3,(H,29,30)(H,31,32)(H,33,34)(H,35,36). The summed E-state index contributed by atoms with van der Waals surface area (Å²) >= 11 is 0. The third kappa shape index (κ3) is 6.77. The van der Waals surface area contributed by atoms with Crippen LogP contribution >= 0.6 is 0 Å². The van der Waals surface area contributed by atoms with E-state index in [9.17, 15) is 34.5 Å². The minimum atomic E-state index is -2.86. The number of allylic oxidation sites excluding steroid dienone is 3. The van der Waals surface area contributed by atoms with E-state index >= 15 is 0 Å². The summed E-state index contributed by atoms with van der Waals surface area (Å²) in [5.74, 6) is -7.44. The van der Waals surface area contributed by atoms with Gasteiger partial charge < -0.3 is 20.6 Å². The average Bonchev–Trinajstić information content (AvgIpc) is 2.79. The Morgan fingerprint density at radius 3 is 2.25 bits per heavy atom. The van der Waals surface area contributed by atoms with Gasteiger partial charge in [-0.15, -0.1) is 0 Å². The third-order valence-electron chi connectivity index (χ3n) is 7.86. The molecule has 0 aromatic rings. The van der Waals surface area contributed by atoms with E-state index in [1.54, 1.807) is 0 Å². The van der Waals surface area contributed by atoms with E-state index in [1.165, 1.54) is 0 Å². The van der Waals surface area contributed by atoms with Gasteiger partial charge in [0.15, 0.2) is 0 Å². The van der Waals surface area contributed by atoms with Gasteiger partial charge in [0.1, 0.15) is 0 Å². The van der Waals surface area contributed by atoms with Gasteiger partial charge in [0.05, 0.1) is 5.92 Å². The van der Waals surface area contributed by atoms with E-state index in [-0.39, 0.29) is 24.5 Å². The maximum Gasteiger partial charge on any atom is 0.326 e. The molecule has 2 unspecified atom stereocenters. The van der Waals surface area contributed by atoms with Crippen LogP contribution in [-0.2, 0) is 19.2 Å². The predicted molar refractivity (Wildman–Crippen MR) is 136 cm³/mol. The quantitative estimate of drug-likeness (QED) is 0.278. The van der Waals surface area contributed by atoms with E-state index in [0.29, 0.717) is 31.3 Å². The van der Waals surface area contributed by atoms with Crippen LogP contribution in [0.3, 0.4) is 0 Å². The summed E-state index contributed by atoms with van der Waals surface area (Å²) < 4.78 is 0. The largest absolute Gasteiger partial charge is 0.481 e. The van der Waals surface area contributed by atoms with Crippen LogP contribution in [-0.4, -0.2) is 45.7 Å². The lowest BCUT2D eigenvalue weighted by Gasteiger charge is -2.36. The molecule has 2 aliphatic rings. The molecule has 0 saturated carbocycles. The molecule has 2 rings (SSSR count). The first-order valence-corrected chi connectivity index (χ1v) is 13.6. The fourth-order valence-electron chi connectivity index (χ4n) is 5.69. The van der Waals surface area contributed by atoms with Gasteiger partial charge in [0, 0.05) is 12.1 Å². The normalized spacial score (nSPS) is 21.7. The predicted octanol–water partition coefficient (Wildman–Crippen LogP) is 5.33. The molecular formula is C28H43NO7. The van der Waals surface area contributed by atoms with Crippen molar-refractivity contribution in [2.24, 2.45) is 17.3 Å². The van der Waals surface area contributed by atoms with Crippen molar-refractivity contribution in [1.82, 2.24) is 5.32 Å². The lowest BCUT2D eigenvalue weighted by Crippen LogP contribution is -2.54. The highest BCUT2D eigenvalue weighted by molar-refractivity contribution is 6.15. The fraction of sp³-hybridized carbons (Fsp3) is 0.714. The smallest absolute Gasteiger partial charge is 0.326 e. The summed E-state index contributed by atoms with van der Waals surface area (Å²) in [7, 11) is 0. The van der Waals surface area contributed by atoms with Gasteiger partial charge in [-0.25, -0.2) is 0 Å². The molecule has 202 valence electrons. The van der Waals surface area contributed by atoms with E-state index in [0.717, 1.165) is 63.4 Å². The maximum absolute atomic E-state index is 13.8. The third-order valence-corrected chi connectivity index (χ3v) is 7.86. The minimum absolute atomic E-state index is 0.120. The van der Waals surface area contributed by atoms with Gasteiger partial charge in [-0.3, -0.25) is 19.2 Å². The van der Waals surface area contributed by atoms with Crippen molar-refractivity contribution in [3.63, 3.8) is 0 Å². The van der Waals surface area contributed by atoms with Crippen molar-refractivity contribution in [3.8, 4) is 0 Å². The Balaban J connectivity index is 2.74. The van der Waals surface area contributed by atoms with Crippen molar-refractivity contribution < 1.29 is 34.5 Å². The van der Waals surface area contributed by atoms with Gasteiger partial charge in [-0.2, -0.15) is 0 Å². The molecule has 8 heteroatoms. The van der Waals surface area contributed by atoms with Crippen LogP contribution in [0.5, 0.6) is 0 Å². The monoisotopic (exact) mass is 505 g/mol. The van der Waals surface area contributed by atoms with Crippen LogP contribution in [0.25, 0.3) is 0 Å². The van der Waals surface area contributed by atoms with Crippen molar-refractivity contribution in [2.75, 3.05) is 6.54 Å². The Bertz CT molecular complexity index is 859. The first-order valence-electron chi connectivity index (χ1n) is 13.6. The zero-order chi connectivity index (χ0) is 26.7. The molecule has 0 saturated heterocycles. The molecule has 0 bridgehead atoms. The average molecular weight is 506 g/mol. The number of carboxylic acid groups (broad SMARTS) is 3. The summed E-state index contributed by atoms with van der Waals surface area (Å²) in [6.45, 7) is 4.39. The molecule has 2 atom stereocenters. The number of nitrogens with one attached hydrogen (secondary N) is 1. The molecule has 8 nitrogen and oxygen atoms in total. The first kappa shape index (κ1) is 29.6. The minimum Gasteiger partial charge on any atom is -0.481 e. The van der Waals surface area contributed by atoms with Crippen molar-refractivity contribution >= 4 is 23.8 Å². The van der Waals surface area contributed by atoms with Crippen molar-refractivity contribution in [3.05, 3.63) is 22.8 Å². The molecular weight excluding hydrogens is 462 g/mol. The van der Waals surface area contributed by atoms with Crippen molar-refractivity contribution in [1.29, 1.82) is 0 Å². The highest BCUT2D eigenvalue weighted by atomic mass is 16.4. The molecule has 0 spiro atoms. The van der Waals surface area contributed by atoms with Crippen LogP contribution in [0, 0.1) is 17.3 Å². The zero-order valence-corrected chi connectivity index (χ0v) is 21.8. The molecule has 2 aliphatic carbocycles. The second-order valence-corrected chi connectivity index (χ2v) is 10.2.